The van der Waals surface area contributed by atoms with E-state index in [1.54, 1.807) is 6.20 Å². The molecule has 2 rings (SSSR count). The Hall–Kier alpha value is -1.53. The van der Waals surface area contributed by atoms with E-state index in [1.807, 2.05) is 0 Å². The maximum atomic E-state index is 10.8. The van der Waals surface area contributed by atoms with Crippen LogP contribution in [0.2, 0.25) is 0 Å². The van der Waals surface area contributed by atoms with Crippen LogP contribution < -0.4 is 4.74 Å². The fourth-order valence-electron chi connectivity index (χ4n) is 1.65. The second kappa shape index (κ2) is 5.70. The molecule has 0 spiro atoms. The van der Waals surface area contributed by atoms with Crippen LogP contribution in [-0.2, 0) is 16.1 Å². The summed E-state index contributed by atoms with van der Waals surface area (Å²) in [7, 11) is 0. The summed E-state index contributed by atoms with van der Waals surface area (Å²) in [5, 5.41) is 0. The largest absolute Gasteiger partial charge is 0.406 e. The maximum absolute atomic E-state index is 10.8. The highest BCUT2D eigenvalue weighted by atomic mass is 16.5. The van der Waals surface area contributed by atoms with Crippen molar-refractivity contribution in [2.24, 2.45) is 0 Å². The van der Waals surface area contributed by atoms with Gasteiger partial charge in [0.25, 0.3) is 0 Å². The van der Waals surface area contributed by atoms with E-state index < -0.39 is 0 Å². The fraction of sp³-hybridized carbons (Fsp3) is 0.545. The molecule has 2 heterocycles. The van der Waals surface area contributed by atoms with Gasteiger partial charge in [0.15, 0.2) is 0 Å². The SMILES string of the molecule is CC(=O)Oc1cncc(CN2CCOCC2)n1. The minimum absolute atomic E-state index is 0.253. The van der Waals surface area contributed by atoms with E-state index in [9.17, 15) is 4.79 Å². The zero-order valence-corrected chi connectivity index (χ0v) is 9.76. The molecule has 0 saturated carbocycles. The highest BCUT2D eigenvalue weighted by Crippen LogP contribution is 2.08. The number of morpholine rings is 1. The van der Waals surface area contributed by atoms with Crippen LogP contribution >= 0.6 is 0 Å². The van der Waals surface area contributed by atoms with Crippen LogP contribution in [0.3, 0.4) is 0 Å². The zero-order chi connectivity index (χ0) is 12.1. The zero-order valence-electron chi connectivity index (χ0n) is 9.76. The number of carbonyl (C=O) groups is 1. The van der Waals surface area contributed by atoms with E-state index in [-0.39, 0.29) is 11.8 Å². The lowest BCUT2D eigenvalue weighted by atomic mass is 10.3. The van der Waals surface area contributed by atoms with Gasteiger partial charge in [0, 0.05) is 32.8 Å². The summed E-state index contributed by atoms with van der Waals surface area (Å²) in [5.41, 5.74) is 0.797. The van der Waals surface area contributed by atoms with Crippen molar-refractivity contribution in [1.82, 2.24) is 14.9 Å². The lowest BCUT2D eigenvalue weighted by Gasteiger charge is -2.25. The predicted molar refractivity (Wildman–Crippen MR) is 59.4 cm³/mol. The molecule has 0 amide bonds. The second-order valence-corrected chi connectivity index (χ2v) is 3.83. The molecule has 1 aliphatic rings. The molecule has 17 heavy (non-hydrogen) atoms. The molecule has 1 aromatic heterocycles. The number of ether oxygens (including phenoxy) is 2. The molecule has 0 N–H and O–H groups in total. The van der Waals surface area contributed by atoms with Crippen molar-refractivity contribution in [1.29, 1.82) is 0 Å². The van der Waals surface area contributed by atoms with E-state index in [0.29, 0.717) is 6.54 Å². The van der Waals surface area contributed by atoms with Crippen LogP contribution in [0.25, 0.3) is 0 Å². The minimum atomic E-state index is -0.386. The van der Waals surface area contributed by atoms with Gasteiger partial charge in [-0.1, -0.05) is 0 Å². The van der Waals surface area contributed by atoms with Crippen LogP contribution in [0, 0.1) is 0 Å². The molecular formula is C11H15N3O3. The maximum Gasteiger partial charge on any atom is 0.309 e. The molecule has 1 fully saturated rings. The summed E-state index contributed by atoms with van der Waals surface area (Å²) in [6.45, 7) is 5.31. The molecule has 0 aliphatic carbocycles. The third-order valence-corrected chi connectivity index (χ3v) is 2.40. The van der Waals surface area contributed by atoms with Crippen molar-refractivity contribution in [2.75, 3.05) is 26.3 Å². The Morgan fingerprint density at radius 1 is 1.47 bits per heavy atom. The van der Waals surface area contributed by atoms with Crippen molar-refractivity contribution in [3.8, 4) is 5.88 Å². The van der Waals surface area contributed by atoms with E-state index in [0.717, 1.165) is 32.0 Å². The van der Waals surface area contributed by atoms with E-state index in [4.69, 9.17) is 9.47 Å². The number of hydrogen-bond donors (Lipinski definition) is 0. The molecule has 6 heteroatoms. The smallest absolute Gasteiger partial charge is 0.309 e. The number of carbonyl (C=O) groups excluding carboxylic acids is 1. The minimum Gasteiger partial charge on any atom is -0.406 e. The quantitative estimate of drug-likeness (QED) is 0.701. The van der Waals surface area contributed by atoms with Gasteiger partial charge in [0.1, 0.15) is 0 Å². The standard InChI is InChI=1S/C11H15N3O3/c1-9(15)17-11-7-12-6-10(13-11)8-14-2-4-16-5-3-14/h6-7H,2-5,8H2,1H3. The fourth-order valence-corrected chi connectivity index (χ4v) is 1.65. The summed E-state index contributed by atoms with van der Waals surface area (Å²) in [5.74, 6) is -0.133. The normalized spacial score (nSPS) is 16.8. The Bertz CT molecular complexity index is 391. The summed E-state index contributed by atoms with van der Waals surface area (Å²) in [6, 6.07) is 0. The summed E-state index contributed by atoms with van der Waals surface area (Å²) < 4.78 is 10.2. The van der Waals surface area contributed by atoms with Crippen LogP contribution in [0.1, 0.15) is 12.6 Å². The first kappa shape index (κ1) is 11.9. The molecule has 1 aromatic rings. The van der Waals surface area contributed by atoms with E-state index >= 15 is 0 Å². The molecule has 0 aromatic carbocycles. The van der Waals surface area contributed by atoms with Gasteiger partial charge in [-0.05, 0) is 0 Å². The number of rotatable bonds is 3. The van der Waals surface area contributed by atoms with Crippen LogP contribution in [0.5, 0.6) is 5.88 Å². The van der Waals surface area contributed by atoms with Gasteiger partial charge in [-0.2, -0.15) is 0 Å². The summed E-state index contributed by atoms with van der Waals surface area (Å²) in [4.78, 5) is 21.2. The van der Waals surface area contributed by atoms with Crippen molar-refractivity contribution >= 4 is 5.97 Å². The van der Waals surface area contributed by atoms with Crippen molar-refractivity contribution in [3.63, 3.8) is 0 Å². The highest BCUT2D eigenvalue weighted by molar-refractivity contribution is 5.68. The van der Waals surface area contributed by atoms with Crippen LogP contribution in [0.15, 0.2) is 12.4 Å². The van der Waals surface area contributed by atoms with E-state index in [1.165, 1.54) is 13.1 Å². The Morgan fingerprint density at radius 3 is 2.94 bits per heavy atom. The van der Waals surface area contributed by atoms with Gasteiger partial charge in [-0.15, -0.1) is 0 Å². The molecule has 0 unspecified atom stereocenters. The molecule has 0 radical (unpaired) electrons. The number of aromatic nitrogens is 2. The van der Waals surface area contributed by atoms with Crippen molar-refractivity contribution in [2.45, 2.75) is 13.5 Å². The Balaban J connectivity index is 1.97. The number of hydrogen-bond acceptors (Lipinski definition) is 6. The van der Waals surface area contributed by atoms with Crippen LogP contribution in [-0.4, -0.2) is 47.1 Å². The molecule has 0 atom stereocenters. The second-order valence-electron chi connectivity index (χ2n) is 3.83. The van der Waals surface area contributed by atoms with Crippen molar-refractivity contribution in [3.05, 3.63) is 18.1 Å². The average Bonchev–Trinajstić information content (AvgIpc) is 2.30. The Labute approximate surface area is 99.6 Å². The Morgan fingerprint density at radius 2 is 2.24 bits per heavy atom. The lowest BCUT2D eigenvalue weighted by molar-refractivity contribution is -0.132. The third kappa shape index (κ3) is 3.76. The molecule has 92 valence electrons. The van der Waals surface area contributed by atoms with E-state index in [2.05, 4.69) is 14.9 Å². The van der Waals surface area contributed by atoms with Crippen LogP contribution in [0.4, 0.5) is 0 Å². The van der Waals surface area contributed by atoms with Gasteiger partial charge in [0.2, 0.25) is 5.88 Å². The van der Waals surface area contributed by atoms with Crippen molar-refractivity contribution < 1.29 is 14.3 Å². The topological polar surface area (TPSA) is 64.5 Å². The first-order valence-corrected chi connectivity index (χ1v) is 5.53. The average molecular weight is 237 g/mol. The first-order chi connectivity index (χ1) is 8.24. The molecule has 0 bridgehead atoms. The Kier molecular flexibility index (Phi) is 4.00. The molecular weight excluding hydrogens is 222 g/mol. The highest BCUT2D eigenvalue weighted by Gasteiger charge is 2.12. The summed E-state index contributed by atoms with van der Waals surface area (Å²) >= 11 is 0. The molecule has 1 aliphatic heterocycles. The molecule has 1 saturated heterocycles. The monoisotopic (exact) mass is 237 g/mol. The number of esters is 1. The first-order valence-electron chi connectivity index (χ1n) is 5.53. The van der Waals surface area contributed by atoms with Gasteiger partial charge >= 0.3 is 5.97 Å². The number of nitrogens with zero attached hydrogens (tertiary/aromatic N) is 3. The van der Waals surface area contributed by atoms with Gasteiger partial charge in [-0.25, -0.2) is 4.98 Å². The van der Waals surface area contributed by atoms with Gasteiger partial charge in [0.05, 0.1) is 25.1 Å². The third-order valence-electron chi connectivity index (χ3n) is 2.40. The van der Waals surface area contributed by atoms with Gasteiger partial charge in [-0.3, -0.25) is 14.7 Å². The van der Waals surface area contributed by atoms with Gasteiger partial charge < -0.3 is 9.47 Å². The lowest BCUT2D eigenvalue weighted by Crippen LogP contribution is -2.35. The predicted octanol–water partition coefficient (Wildman–Crippen LogP) is 0.234. The molecule has 6 nitrogen and oxygen atoms in total. The summed E-state index contributed by atoms with van der Waals surface area (Å²) in [6.07, 6.45) is 3.12.